The summed E-state index contributed by atoms with van der Waals surface area (Å²) in [7, 11) is 0. The van der Waals surface area contributed by atoms with E-state index in [0.717, 1.165) is 57.1 Å². The molecule has 2 aliphatic rings. The minimum Gasteiger partial charge on any atom is -0.353 e. The monoisotopic (exact) mass is 387 g/mol. The lowest BCUT2D eigenvalue weighted by molar-refractivity contribution is -0.133. The van der Waals surface area contributed by atoms with Crippen molar-refractivity contribution in [2.75, 3.05) is 37.6 Å². The lowest BCUT2D eigenvalue weighted by Gasteiger charge is -2.37. The summed E-state index contributed by atoms with van der Waals surface area (Å²) in [6.45, 7) is 6.01. The van der Waals surface area contributed by atoms with Gasteiger partial charge in [0.2, 0.25) is 5.91 Å². The van der Waals surface area contributed by atoms with Crippen molar-refractivity contribution in [1.29, 1.82) is 0 Å². The first-order valence-corrected chi connectivity index (χ1v) is 8.17. The van der Waals surface area contributed by atoms with Gasteiger partial charge in [-0.2, -0.15) is 14.6 Å². The van der Waals surface area contributed by atoms with Crippen LogP contribution in [0.15, 0.2) is 12.4 Å². The van der Waals surface area contributed by atoms with E-state index in [9.17, 15) is 4.79 Å². The van der Waals surface area contributed by atoms with E-state index in [1.165, 1.54) is 6.33 Å². The van der Waals surface area contributed by atoms with Crippen LogP contribution in [0.5, 0.6) is 0 Å². The average molecular weight is 388 g/mol. The van der Waals surface area contributed by atoms with Gasteiger partial charge in [-0.1, -0.05) is 0 Å². The van der Waals surface area contributed by atoms with Gasteiger partial charge in [-0.05, 0) is 26.3 Å². The highest BCUT2D eigenvalue weighted by molar-refractivity contribution is 5.85. The minimum absolute atomic E-state index is 0. The van der Waals surface area contributed by atoms with Crippen molar-refractivity contribution in [3.63, 3.8) is 0 Å². The SMILES string of the molecule is Cc1cc(N2CCN(C(=O)C3CCCN3)CC2)n2ncnc2n1.Cl.Cl. The van der Waals surface area contributed by atoms with Gasteiger partial charge in [-0.15, -0.1) is 24.8 Å². The first kappa shape index (κ1) is 19.7. The van der Waals surface area contributed by atoms with Crippen LogP contribution in [0, 0.1) is 6.92 Å². The predicted molar refractivity (Wildman–Crippen MR) is 99.8 cm³/mol. The van der Waals surface area contributed by atoms with Gasteiger partial charge in [0.1, 0.15) is 12.1 Å². The molecule has 0 spiro atoms. The van der Waals surface area contributed by atoms with Crippen LogP contribution < -0.4 is 10.2 Å². The molecule has 4 heterocycles. The molecule has 4 rings (SSSR count). The number of nitrogens with zero attached hydrogens (tertiary/aromatic N) is 6. The van der Waals surface area contributed by atoms with E-state index in [4.69, 9.17) is 0 Å². The molecule has 2 saturated heterocycles. The zero-order valence-electron chi connectivity index (χ0n) is 14.1. The predicted octanol–water partition coefficient (Wildman–Crippen LogP) is 0.677. The van der Waals surface area contributed by atoms with Gasteiger partial charge < -0.3 is 15.1 Å². The fraction of sp³-hybridized carbons (Fsp3) is 0.600. The van der Waals surface area contributed by atoms with E-state index in [-0.39, 0.29) is 36.8 Å². The normalized spacial score (nSPS) is 20.3. The maximum absolute atomic E-state index is 12.5. The molecule has 1 atom stereocenters. The highest BCUT2D eigenvalue weighted by Gasteiger charge is 2.29. The maximum atomic E-state index is 12.5. The Kier molecular flexibility index (Phi) is 6.42. The largest absolute Gasteiger partial charge is 0.353 e. The second kappa shape index (κ2) is 8.16. The van der Waals surface area contributed by atoms with Crippen LogP contribution in [0.4, 0.5) is 5.82 Å². The molecule has 1 amide bonds. The molecular weight excluding hydrogens is 365 g/mol. The molecule has 2 aromatic rings. The molecule has 0 aliphatic carbocycles. The van der Waals surface area contributed by atoms with Gasteiger partial charge >= 0.3 is 0 Å². The van der Waals surface area contributed by atoms with Crippen molar-refractivity contribution in [3.8, 4) is 0 Å². The Morgan fingerprint density at radius 3 is 2.68 bits per heavy atom. The lowest BCUT2D eigenvalue weighted by atomic mass is 10.2. The minimum atomic E-state index is 0. The Bertz CT molecular complexity index is 724. The van der Waals surface area contributed by atoms with E-state index in [1.54, 1.807) is 4.52 Å². The number of hydrogen-bond donors (Lipinski definition) is 1. The van der Waals surface area contributed by atoms with Gasteiger partial charge in [0.15, 0.2) is 0 Å². The van der Waals surface area contributed by atoms with Crippen LogP contribution in [0.2, 0.25) is 0 Å². The number of nitrogens with one attached hydrogen (secondary N) is 1. The number of carbonyl (C=O) groups is 1. The van der Waals surface area contributed by atoms with Crippen molar-refractivity contribution in [3.05, 3.63) is 18.1 Å². The number of carbonyl (C=O) groups excluding carboxylic acids is 1. The highest BCUT2D eigenvalue weighted by atomic mass is 35.5. The molecule has 0 aromatic carbocycles. The van der Waals surface area contributed by atoms with Gasteiger partial charge in [-0.3, -0.25) is 4.79 Å². The number of aryl methyl sites for hydroxylation is 1. The van der Waals surface area contributed by atoms with Gasteiger partial charge in [0, 0.05) is 37.9 Å². The van der Waals surface area contributed by atoms with Crippen LogP contribution in [0.25, 0.3) is 5.78 Å². The smallest absolute Gasteiger partial charge is 0.254 e. The van der Waals surface area contributed by atoms with Crippen molar-refractivity contribution < 1.29 is 4.79 Å². The number of rotatable bonds is 2. The quantitative estimate of drug-likeness (QED) is 0.815. The Hall–Kier alpha value is -1.64. The summed E-state index contributed by atoms with van der Waals surface area (Å²) in [5, 5.41) is 7.55. The number of piperazine rings is 1. The van der Waals surface area contributed by atoms with Crippen molar-refractivity contribution in [2.45, 2.75) is 25.8 Å². The molecule has 2 fully saturated rings. The topological polar surface area (TPSA) is 78.7 Å². The first-order chi connectivity index (χ1) is 11.2. The number of amides is 1. The van der Waals surface area contributed by atoms with Crippen LogP contribution in [0.1, 0.15) is 18.5 Å². The molecule has 1 N–H and O–H groups in total. The second-order valence-electron chi connectivity index (χ2n) is 6.19. The third-order valence-corrected chi connectivity index (χ3v) is 4.63. The molecule has 8 nitrogen and oxygen atoms in total. The highest BCUT2D eigenvalue weighted by Crippen LogP contribution is 2.19. The standard InChI is InChI=1S/C15H21N7O.2ClH/c1-11-9-13(22-15(19-11)17-10-18-22)20-5-7-21(8-6-20)14(23)12-3-2-4-16-12;;/h9-10,12,16H,2-8H2,1H3;2*1H. The number of aromatic nitrogens is 4. The zero-order chi connectivity index (χ0) is 15.8. The molecule has 25 heavy (non-hydrogen) atoms. The molecule has 2 aliphatic heterocycles. The van der Waals surface area contributed by atoms with Gasteiger partial charge in [0.05, 0.1) is 6.04 Å². The first-order valence-electron chi connectivity index (χ1n) is 8.17. The lowest BCUT2D eigenvalue weighted by Crippen LogP contribution is -2.53. The van der Waals surface area contributed by atoms with Crippen LogP contribution in [-0.4, -0.2) is 69.2 Å². The van der Waals surface area contributed by atoms with E-state index in [0.29, 0.717) is 5.78 Å². The number of fused-ring (bicyclic) bond motifs is 1. The van der Waals surface area contributed by atoms with Crippen molar-refractivity contribution in [2.24, 2.45) is 0 Å². The van der Waals surface area contributed by atoms with E-state index >= 15 is 0 Å². The summed E-state index contributed by atoms with van der Waals surface area (Å²) < 4.78 is 1.77. The number of halogens is 2. The van der Waals surface area contributed by atoms with E-state index in [2.05, 4.69) is 25.3 Å². The molecule has 0 bridgehead atoms. The average Bonchev–Trinajstić information content (AvgIpc) is 3.25. The van der Waals surface area contributed by atoms with Crippen molar-refractivity contribution in [1.82, 2.24) is 29.8 Å². The fourth-order valence-electron chi connectivity index (χ4n) is 3.41. The van der Waals surface area contributed by atoms with Gasteiger partial charge in [0.25, 0.3) is 5.78 Å². The summed E-state index contributed by atoms with van der Waals surface area (Å²) in [6, 6.07) is 2.05. The summed E-state index contributed by atoms with van der Waals surface area (Å²) in [6.07, 6.45) is 3.58. The van der Waals surface area contributed by atoms with Crippen LogP contribution in [-0.2, 0) is 4.79 Å². The zero-order valence-corrected chi connectivity index (χ0v) is 15.7. The third kappa shape index (κ3) is 3.80. The molecular formula is C15H23Cl2N7O. The Labute approximate surface area is 158 Å². The van der Waals surface area contributed by atoms with E-state index < -0.39 is 0 Å². The fourth-order valence-corrected chi connectivity index (χ4v) is 3.41. The Balaban J connectivity index is 0.00000113. The Morgan fingerprint density at radius 1 is 1.24 bits per heavy atom. The van der Waals surface area contributed by atoms with E-state index in [1.807, 2.05) is 17.9 Å². The Morgan fingerprint density at radius 2 is 2.00 bits per heavy atom. The second-order valence-corrected chi connectivity index (χ2v) is 6.19. The molecule has 10 heteroatoms. The molecule has 0 saturated carbocycles. The molecule has 1 unspecified atom stereocenters. The summed E-state index contributed by atoms with van der Waals surface area (Å²) in [4.78, 5) is 25.3. The van der Waals surface area contributed by atoms with Crippen LogP contribution in [0.3, 0.4) is 0 Å². The summed E-state index contributed by atoms with van der Waals surface area (Å²) in [5.74, 6) is 1.86. The van der Waals surface area contributed by atoms with Crippen molar-refractivity contribution >= 4 is 42.3 Å². The molecule has 0 radical (unpaired) electrons. The summed E-state index contributed by atoms with van der Waals surface area (Å²) >= 11 is 0. The third-order valence-electron chi connectivity index (χ3n) is 4.63. The number of anilines is 1. The summed E-state index contributed by atoms with van der Waals surface area (Å²) in [5.41, 5.74) is 0.925. The molecule has 2 aromatic heterocycles. The molecule has 138 valence electrons. The number of hydrogen-bond acceptors (Lipinski definition) is 6. The van der Waals surface area contributed by atoms with Crippen LogP contribution >= 0.6 is 24.8 Å². The van der Waals surface area contributed by atoms with Gasteiger partial charge in [-0.25, -0.2) is 4.98 Å². The maximum Gasteiger partial charge on any atom is 0.254 e.